The zero-order valence-corrected chi connectivity index (χ0v) is 11.9. The van der Waals surface area contributed by atoms with E-state index >= 15 is 0 Å². The first-order valence-electron chi connectivity index (χ1n) is 5.39. The molecule has 2 aromatic rings. The van der Waals surface area contributed by atoms with E-state index in [9.17, 15) is 9.18 Å². The van der Waals surface area contributed by atoms with Crippen molar-refractivity contribution < 1.29 is 9.18 Å². The van der Waals surface area contributed by atoms with Crippen LogP contribution >= 0.6 is 34.8 Å². The van der Waals surface area contributed by atoms with E-state index in [-0.39, 0.29) is 17.8 Å². The normalized spacial score (nSPS) is 10.5. The summed E-state index contributed by atoms with van der Waals surface area (Å²) in [4.78, 5) is 12.0. The molecule has 0 aromatic heterocycles. The molecule has 0 fully saturated rings. The lowest BCUT2D eigenvalue weighted by molar-refractivity contribution is 0.0992. The van der Waals surface area contributed by atoms with Gasteiger partial charge < -0.3 is 0 Å². The van der Waals surface area contributed by atoms with Crippen LogP contribution in [0.3, 0.4) is 0 Å². The summed E-state index contributed by atoms with van der Waals surface area (Å²) in [6, 6.07) is 8.66. The van der Waals surface area contributed by atoms with Gasteiger partial charge in [0.2, 0.25) is 0 Å². The Hall–Kier alpha value is -1.09. The van der Waals surface area contributed by atoms with E-state index < -0.39 is 5.82 Å². The number of hydrogen-bond donors (Lipinski definition) is 0. The van der Waals surface area contributed by atoms with Crippen molar-refractivity contribution in [3.63, 3.8) is 0 Å². The van der Waals surface area contributed by atoms with Crippen molar-refractivity contribution in [1.29, 1.82) is 0 Å². The third-order valence-corrected chi connectivity index (χ3v) is 3.57. The molecule has 0 aliphatic heterocycles. The van der Waals surface area contributed by atoms with Crippen LogP contribution in [-0.2, 0) is 6.42 Å². The number of carbonyl (C=O) groups is 1. The van der Waals surface area contributed by atoms with Crippen LogP contribution in [0.25, 0.3) is 0 Å². The van der Waals surface area contributed by atoms with Gasteiger partial charge in [-0.3, -0.25) is 4.79 Å². The number of ketones is 1. The zero-order chi connectivity index (χ0) is 14.0. The number of rotatable bonds is 3. The van der Waals surface area contributed by atoms with Crippen LogP contribution in [0.2, 0.25) is 15.1 Å². The highest BCUT2D eigenvalue weighted by Crippen LogP contribution is 2.24. The van der Waals surface area contributed by atoms with Crippen molar-refractivity contribution in [2.24, 2.45) is 0 Å². The molecule has 0 aliphatic rings. The number of carbonyl (C=O) groups excluding carboxylic acids is 1. The van der Waals surface area contributed by atoms with Crippen molar-refractivity contribution in [3.8, 4) is 0 Å². The minimum atomic E-state index is -0.460. The molecule has 98 valence electrons. The van der Waals surface area contributed by atoms with Crippen LogP contribution in [-0.4, -0.2) is 5.78 Å². The van der Waals surface area contributed by atoms with Crippen LogP contribution in [0.15, 0.2) is 36.4 Å². The van der Waals surface area contributed by atoms with Gasteiger partial charge in [0.05, 0.1) is 10.0 Å². The van der Waals surface area contributed by atoms with Crippen LogP contribution in [0.4, 0.5) is 4.39 Å². The van der Waals surface area contributed by atoms with Crippen LogP contribution < -0.4 is 0 Å². The predicted octanol–water partition coefficient (Wildman–Crippen LogP) is 5.21. The summed E-state index contributed by atoms with van der Waals surface area (Å²) in [6.45, 7) is 0. The summed E-state index contributed by atoms with van der Waals surface area (Å²) in [5, 5.41) is 1.05. The van der Waals surface area contributed by atoms with Crippen LogP contribution in [0, 0.1) is 5.82 Å². The van der Waals surface area contributed by atoms with E-state index in [2.05, 4.69) is 0 Å². The molecule has 0 aliphatic carbocycles. The van der Waals surface area contributed by atoms with Gasteiger partial charge in [-0.05, 0) is 42.0 Å². The van der Waals surface area contributed by atoms with Gasteiger partial charge in [-0.15, -0.1) is 0 Å². The van der Waals surface area contributed by atoms with Gasteiger partial charge in [0.15, 0.2) is 5.78 Å². The maximum Gasteiger partial charge on any atom is 0.167 e. The van der Waals surface area contributed by atoms with E-state index in [0.717, 1.165) is 0 Å². The van der Waals surface area contributed by atoms with Gasteiger partial charge in [-0.25, -0.2) is 4.39 Å². The molecule has 0 saturated heterocycles. The third kappa shape index (κ3) is 3.47. The standard InChI is InChI=1S/C14H8Cl3FO/c15-10-2-4-13(18)9(5-10)7-14(19)8-1-3-11(16)12(17)6-8/h1-6H,7H2. The van der Waals surface area contributed by atoms with Gasteiger partial charge in [0.25, 0.3) is 0 Å². The van der Waals surface area contributed by atoms with Gasteiger partial charge in [0, 0.05) is 17.0 Å². The van der Waals surface area contributed by atoms with E-state index in [1.165, 1.54) is 30.3 Å². The van der Waals surface area contributed by atoms with Crippen molar-refractivity contribution in [1.82, 2.24) is 0 Å². The molecule has 0 spiro atoms. The summed E-state index contributed by atoms with van der Waals surface area (Å²) >= 11 is 17.4. The Labute approximate surface area is 124 Å². The highest BCUT2D eigenvalue weighted by Gasteiger charge is 2.12. The third-order valence-electron chi connectivity index (χ3n) is 2.60. The van der Waals surface area contributed by atoms with E-state index in [0.29, 0.717) is 20.6 Å². The lowest BCUT2D eigenvalue weighted by atomic mass is 10.0. The first-order valence-corrected chi connectivity index (χ1v) is 6.53. The first-order chi connectivity index (χ1) is 8.97. The average Bonchev–Trinajstić information content (AvgIpc) is 2.37. The quantitative estimate of drug-likeness (QED) is 0.710. The van der Waals surface area contributed by atoms with E-state index in [4.69, 9.17) is 34.8 Å². The fraction of sp³-hybridized carbons (Fsp3) is 0.0714. The van der Waals surface area contributed by atoms with Crippen molar-refractivity contribution in [3.05, 3.63) is 68.4 Å². The van der Waals surface area contributed by atoms with E-state index in [1.807, 2.05) is 0 Å². The highest BCUT2D eigenvalue weighted by molar-refractivity contribution is 6.42. The molecular weight excluding hydrogens is 310 g/mol. The Morgan fingerprint density at radius 1 is 1.00 bits per heavy atom. The number of hydrogen-bond acceptors (Lipinski definition) is 1. The number of Topliss-reactive ketones (excluding diaryl/α,β-unsaturated/α-hetero) is 1. The largest absolute Gasteiger partial charge is 0.294 e. The molecule has 0 heterocycles. The molecule has 0 atom stereocenters. The molecule has 2 rings (SSSR count). The van der Waals surface area contributed by atoms with Crippen molar-refractivity contribution >= 4 is 40.6 Å². The Morgan fingerprint density at radius 3 is 2.42 bits per heavy atom. The number of halogens is 4. The summed E-state index contributed by atoms with van der Waals surface area (Å²) in [7, 11) is 0. The lowest BCUT2D eigenvalue weighted by Gasteiger charge is -2.05. The van der Waals surface area contributed by atoms with Crippen molar-refractivity contribution in [2.75, 3.05) is 0 Å². The van der Waals surface area contributed by atoms with E-state index in [1.54, 1.807) is 6.07 Å². The highest BCUT2D eigenvalue weighted by atomic mass is 35.5. The maximum atomic E-state index is 13.5. The van der Waals surface area contributed by atoms with Gasteiger partial charge in [0.1, 0.15) is 5.82 Å². The fourth-order valence-electron chi connectivity index (χ4n) is 1.62. The molecule has 19 heavy (non-hydrogen) atoms. The summed E-state index contributed by atoms with van der Waals surface area (Å²) in [6.07, 6.45) is -0.0790. The lowest BCUT2D eigenvalue weighted by Crippen LogP contribution is -2.05. The molecule has 0 unspecified atom stereocenters. The molecular formula is C14H8Cl3FO. The maximum absolute atomic E-state index is 13.5. The summed E-state index contributed by atoms with van der Waals surface area (Å²) in [5.74, 6) is -0.711. The topological polar surface area (TPSA) is 17.1 Å². The Kier molecular flexibility index (Phi) is 4.46. The molecule has 0 radical (unpaired) electrons. The second-order valence-electron chi connectivity index (χ2n) is 3.96. The van der Waals surface area contributed by atoms with Gasteiger partial charge >= 0.3 is 0 Å². The monoisotopic (exact) mass is 316 g/mol. The average molecular weight is 318 g/mol. The predicted molar refractivity (Wildman–Crippen MR) is 75.9 cm³/mol. The second-order valence-corrected chi connectivity index (χ2v) is 5.22. The molecule has 2 aromatic carbocycles. The minimum Gasteiger partial charge on any atom is -0.294 e. The van der Waals surface area contributed by atoms with Crippen LogP contribution in [0.1, 0.15) is 15.9 Å². The summed E-state index contributed by atoms with van der Waals surface area (Å²) in [5.41, 5.74) is 0.636. The zero-order valence-electron chi connectivity index (χ0n) is 9.59. The molecule has 0 N–H and O–H groups in total. The number of benzene rings is 2. The second kappa shape index (κ2) is 5.91. The minimum absolute atomic E-state index is 0.0790. The van der Waals surface area contributed by atoms with Crippen molar-refractivity contribution in [2.45, 2.75) is 6.42 Å². The molecule has 5 heteroatoms. The van der Waals surface area contributed by atoms with Crippen LogP contribution in [0.5, 0.6) is 0 Å². The molecule has 0 bridgehead atoms. The fourth-order valence-corrected chi connectivity index (χ4v) is 2.12. The Morgan fingerprint density at radius 2 is 1.74 bits per heavy atom. The molecule has 1 nitrogen and oxygen atoms in total. The first kappa shape index (κ1) is 14.3. The van der Waals surface area contributed by atoms with Gasteiger partial charge in [-0.1, -0.05) is 34.8 Å². The summed E-state index contributed by atoms with van der Waals surface area (Å²) < 4.78 is 13.5. The molecule has 0 saturated carbocycles. The Balaban J connectivity index is 2.25. The smallest absolute Gasteiger partial charge is 0.167 e. The Bertz CT molecular complexity index is 641. The van der Waals surface area contributed by atoms with Gasteiger partial charge in [-0.2, -0.15) is 0 Å². The molecule has 0 amide bonds. The SMILES string of the molecule is O=C(Cc1cc(Cl)ccc1F)c1ccc(Cl)c(Cl)c1.